The Morgan fingerprint density at radius 2 is 1.73 bits per heavy atom. The minimum absolute atomic E-state index is 0.610. The molecule has 1 atom stereocenters. The molecule has 86 valence electrons. The molecule has 0 radical (unpaired) electrons. The van der Waals surface area contributed by atoms with Gasteiger partial charge in [0.05, 0.1) is 0 Å². The van der Waals surface area contributed by atoms with Gasteiger partial charge in [0.1, 0.15) is 0 Å². The molecule has 2 heteroatoms. The molecule has 1 unspecified atom stereocenters. The van der Waals surface area contributed by atoms with E-state index in [4.69, 9.17) is 4.74 Å². The fourth-order valence-electron chi connectivity index (χ4n) is 3.48. The van der Waals surface area contributed by atoms with Gasteiger partial charge in [0, 0.05) is 25.3 Å². The highest BCUT2D eigenvalue weighted by molar-refractivity contribution is 4.98. The summed E-state index contributed by atoms with van der Waals surface area (Å²) in [4.78, 5) is 0. The highest BCUT2D eigenvalue weighted by atomic mass is 16.5. The second kappa shape index (κ2) is 4.06. The molecule has 2 nitrogen and oxygen atoms in total. The zero-order chi connectivity index (χ0) is 10.1. The van der Waals surface area contributed by atoms with Gasteiger partial charge in [0.25, 0.3) is 0 Å². The van der Waals surface area contributed by atoms with Crippen LogP contribution in [0.3, 0.4) is 0 Å². The molecule has 1 heterocycles. The molecule has 0 bridgehead atoms. The van der Waals surface area contributed by atoms with Gasteiger partial charge in [0.2, 0.25) is 0 Å². The van der Waals surface area contributed by atoms with Crippen molar-refractivity contribution in [3.63, 3.8) is 0 Å². The van der Waals surface area contributed by atoms with Crippen LogP contribution in [0.2, 0.25) is 0 Å². The summed E-state index contributed by atoms with van der Waals surface area (Å²) >= 11 is 0. The van der Waals surface area contributed by atoms with Crippen molar-refractivity contribution in [1.82, 2.24) is 5.32 Å². The molecule has 1 saturated heterocycles. The van der Waals surface area contributed by atoms with Gasteiger partial charge in [-0.2, -0.15) is 0 Å². The van der Waals surface area contributed by atoms with E-state index in [1.807, 2.05) is 0 Å². The Kier molecular flexibility index (Phi) is 2.73. The van der Waals surface area contributed by atoms with Crippen LogP contribution < -0.4 is 5.32 Å². The summed E-state index contributed by atoms with van der Waals surface area (Å²) in [5.41, 5.74) is 0.610. The molecule has 0 amide bonds. The molecule has 3 rings (SSSR count). The molecule has 1 spiro atoms. The summed E-state index contributed by atoms with van der Waals surface area (Å²) in [6.07, 6.45) is 11.2. The smallest absolute Gasteiger partial charge is 0.0471 e. The van der Waals surface area contributed by atoms with Crippen molar-refractivity contribution in [3.8, 4) is 0 Å². The largest absolute Gasteiger partial charge is 0.381 e. The SMILES string of the molecule is C1CCC2(CCOCC2)C(NC2CC2)C1. The lowest BCUT2D eigenvalue weighted by atomic mass is 9.65. The Morgan fingerprint density at radius 3 is 2.47 bits per heavy atom. The molecule has 0 aromatic heterocycles. The van der Waals surface area contributed by atoms with Gasteiger partial charge >= 0.3 is 0 Å². The second-order valence-electron chi connectivity index (χ2n) is 5.71. The van der Waals surface area contributed by atoms with E-state index >= 15 is 0 Å². The normalized spacial score (nSPS) is 35.6. The van der Waals surface area contributed by atoms with Gasteiger partial charge in [0.15, 0.2) is 0 Å². The third-order valence-corrected chi connectivity index (χ3v) is 4.66. The van der Waals surface area contributed by atoms with Crippen molar-refractivity contribution in [2.24, 2.45) is 5.41 Å². The lowest BCUT2D eigenvalue weighted by Crippen LogP contribution is -2.50. The van der Waals surface area contributed by atoms with Crippen molar-refractivity contribution in [1.29, 1.82) is 0 Å². The van der Waals surface area contributed by atoms with Crippen LogP contribution in [0.1, 0.15) is 51.4 Å². The van der Waals surface area contributed by atoms with E-state index < -0.39 is 0 Å². The molecule has 3 aliphatic rings. The van der Waals surface area contributed by atoms with Gasteiger partial charge in [-0.15, -0.1) is 0 Å². The maximum atomic E-state index is 5.54. The minimum Gasteiger partial charge on any atom is -0.381 e. The van der Waals surface area contributed by atoms with E-state index in [0.29, 0.717) is 5.41 Å². The minimum atomic E-state index is 0.610. The molecule has 15 heavy (non-hydrogen) atoms. The van der Waals surface area contributed by atoms with Crippen LogP contribution in [0.25, 0.3) is 0 Å². The maximum absolute atomic E-state index is 5.54. The maximum Gasteiger partial charge on any atom is 0.0471 e. The first-order valence-corrected chi connectivity index (χ1v) is 6.73. The van der Waals surface area contributed by atoms with E-state index in [0.717, 1.165) is 25.3 Å². The van der Waals surface area contributed by atoms with Crippen LogP contribution in [0.4, 0.5) is 0 Å². The van der Waals surface area contributed by atoms with Crippen LogP contribution in [-0.4, -0.2) is 25.3 Å². The lowest BCUT2D eigenvalue weighted by Gasteiger charge is -2.47. The molecular formula is C13H23NO. The van der Waals surface area contributed by atoms with Gasteiger partial charge in [-0.25, -0.2) is 0 Å². The molecular weight excluding hydrogens is 186 g/mol. The predicted molar refractivity (Wildman–Crippen MR) is 60.9 cm³/mol. The topological polar surface area (TPSA) is 21.3 Å². The molecule has 1 N–H and O–H groups in total. The third-order valence-electron chi connectivity index (χ3n) is 4.66. The average Bonchev–Trinajstić information content (AvgIpc) is 3.07. The standard InChI is InChI=1S/C13H23NO/c1-2-6-13(7-9-15-10-8-13)12(3-1)14-11-4-5-11/h11-12,14H,1-10H2. The number of hydrogen-bond donors (Lipinski definition) is 1. The molecule has 0 aromatic rings. The van der Waals surface area contributed by atoms with Crippen molar-refractivity contribution in [2.45, 2.75) is 63.5 Å². The molecule has 2 aliphatic carbocycles. The summed E-state index contributed by atoms with van der Waals surface area (Å²) in [7, 11) is 0. The van der Waals surface area contributed by atoms with Crippen molar-refractivity contribution in [3.05, 3.63) is 0 Å². The summed E-state index contributed by atoms with van der Waals surface area (Å²) in [5.74, 6) is 0. The quantitative estimate of drug-likeness (QED) is 0.754. The van der Waals surface area contributed by atoms with E-state index in [1.165, 1.54) is 51.4 Å². The zero-order valence-corrected chi connectivity index (χ0v) is 9.63. The van der Waals surface area contributed by atoms with Gasteiger partial charge in [-0.1, -0.05) is 12.8 Å². The Balaban J connectivity index is 1.69. The van der Waals surface area contributed by atoms with Crippen molar-refractivity contribution < 1.29 is 4.74 Å². The first-order valence-electron chi connectivity index (χ1n) is 6.73. The van der Waals surface area contributed by atoms with Gasteiger partial charge < -0.3 is 10.1 Å². The van der Waals surface area contributed by atoms with Crippen LogP contribution in [0, 0.1) is 5.41 Å². The molecule has 1 aliphatic heterocycles. The van der Waals surface area contributed by atoms with E-state index in [1.54, 1.807) is 0 Å². The summed E-state index contributed by atoms with van der Waals surface area (Å²) in [5, 5.41) is 3.90. The predicted octanol–water partition coefficient (Wildman–Crippen LogP) is 2.48. The Morgan fingerprint density at radius 1 is 0.933 bits per heavy atom. The average molecular weight is 209 g/mol. The first kappa shape index (κ1) is 10.1. The zero-order valence-electron chi connectivity index (χ0n) is 9.63. The van der Waals surface area contributed by atoms with E-state index in [9.17, 15) is 0 Å². The van der Waals surface area contributed by atoms with Crippen LogP contribution in [-0.2, 0) is 4.74 Å². The fraction of sp³-hybridized carbons (Fsp3) is 1.00. The van der Waals surface area contributed by atoms with Crippen molar-refractivity contribution in [2.75, 3.05) is 13.2 Å². The summed E-state index contributed by atoms with van der Waals surface area (Å²) in [6.45, 7) is 2.01. The molecule has 2 saturated carbocycles. The van der Waals surface area contributed by atoms with E-state index in [-0.39, 0.29) is 0 Å². The highest BCUT2D eigenvalue weighted by Crippen LogP contribution is 2.45. The van der Waals surface area contributed by atoms with Gasteiger partial charge in [-0.3, -0.25) is 0 Å². The molecule has 0 aromatic carbocycles. The monoisotopic (exact) mass is 209 g/mol. The fourth-order valence-corrected chi connectivity index (χ4v) is 3.48. The summed E-state index contributed by atoms with van der Waals surface area (Å²) in [6, 6.07) is 1.68. The molecule has 3 fully saturated rings. The first-order chi connectivity index (χ1) is 7.39. The summed E-state index contributed by atoms with van der Waals surface area (Å²) < 4.78 is 5.54. The Labute approximate surface area is 92.8 Å². The Hall–Kier alpha value is -0.0800. The van der Waals surface area contributed by atoms with E-state index in [2.05, 4.69) is 5.32 Å². The number of rotatable bonds is 2. The van der Waals surface area contributed by atoms with Crippen LogP contribution in [0.15, 0.2) is 0 Å². The lowest BCUT2D eigenvalue weighted by molar-refractivity contribution is -0.0249. The highest BCUT2D eigenvalue weighted by Gasteiger charge is 2.43. The number of nitrogens with one attached hydrogen (secondary N) is 1. The van der Waals surface area contributed by atoms with Crippen LogP contribution >= 0.6 is 0 Å². The number of ether oxygens (including phenoxy) is 1. The number of hydrogen-bond acceptors (Lipinski definition) is 2. The van der Waals surface area contributed by atoms with Crippen LogP contribution in [0.5, 0.6) is 0 Å². The van der Waals surface area contributed by atoms with Gasteiger partial charge in [-0.05, 0) is 43.9 Å². The Bertz CT molecular complexity index is 210. The second-order valence-corrected chi connectivity index (χ2v) is 5.71. The van der Waals surface area contributed by atoms with Crippen molar-refractivity contribution >= 4 is 0 Å². The third kappa shape index (κ3) is 2.07.